The molecule has 0 amide bonds. The number of hydrogen-bond acceptors (Lipinski definition) is 5. The molecule has 2 rings (SSSR count). The average Bonchev–Trinajstić information content (AvgIpc) is 2.75. The summed E-state index contributed by atoms with van der Waals surface area (Å²) in [7, 11) is -2.82. The van der Waals surface area contributed by atoms with Crippen molar-refractivity contribution in [2.75, 3.05) is 23.4 Å². The third-order valence-corrected chi connectivity index (χ3v) is 5.61. The number of nitrogens with one attached hydrogen (secondary N) is 1. The van der Waals surface area contributed by atoms with Crippen LogP contribution in [0.3, 0.4) is 0 Å². The summed E-state index contributed by atoms with van der Waals surface area (Å²) in [5.74, 6) is 3.06. The smallest absolute Gasteiger partial charge is 0.150 e. The van der Waals surface area contributed by atoms with Gasteiger partial charge >= 0.3 is 0 Å². The van der Waals surface area contributed by atoms with E-state index in [9.17, 15) is 8.42 Å². The molecule has 0 bridgehead atoms. The number of hydrogen-bond donors (Lipinski definition) is 1. The van der Waals surface area contributed by atoms with E-state index in [4.69, 9.17) is 0 Å². The van der Waals surface area contributed by atoms with Crippen LogP contribution in [0.4, 0.5) is 5.82 Å². The summed E-state index contributed by atoms with van der Waals surface area (Å²) in [5, 5.41) is 3.30. The second kappa shape index (κ2) is 6.30. The normalized spacial score (nSPS) is 21.1. The molecule has 0 aliphatic carbocycles. The van der Waals surface area contributed by atoms with Crippen LogP contribution in [-0.4, -0.2) is 36.4 Å². The monoisotopic (exact) mass is 311 g/mol. The fourth-order valence-electron chi connectivity index (χ4n) is 2.41. The van der Waals surface area contributed by atoms with Gasteiger partial charge in [-0.05, 0) is 18.3 Å². The van der Waals surface area contributed by atoms with E-state index in [1.807, 2.05) is 6.07 Å². The molecule has 1 aliphatic rings. The molecule has 1 atom stereocenters. The molecular formula is C15H25N3O2S. The number of nitrogens with zero attached hydrogens (tertiary/aromatic N) is 2. The van der Waals surface area contributed by atoms with Gasteiger partial charge in [0.15, 0.2) is 9.84 Å². The molecule has 1 fully saturated rings. The zero-order valence-electron chi connectivity index (χ0n) is 13.3. The van der Waals surface area contributed by atoms with Crippen molar-refractivity contribution in [3.05, 3.63) is 17.6 Å². The Kier molecular flexibility index (Phi) is 4.86. The Morgan fingerprint density at radius 1 is 1.24 bits per heavy atom. The van der Waals surface area contributed by atoms with Crippen molar-refractivity contribution >= 4 is 15.7 Å². The summed E-state index contributed by atoms with van der Waals surface area (Å²) in [6.07, 6.45) is 0.745. The Morgan fingerprint density at radius 2 is 1.95 bits per heavy atom. The van der Waals surface area contributed by atoms with Gasteiger partial charge in [0.2, 0.25) is 0 Å². The number of anilines is 1. The van der Waals surface area contributed by atoms with Crippen molar-refractivity contribution in [3.8, 4) is 0 Å². The summed E-state index contributed by atoms with van der Waals surface area (Å²) in [5.41, 5.74) is 1.02. The van der Waals surface area contributed by atoms with Gasteiger partial charge in [0.25, 0.3) is 0 Å². The molecular weight excluding hydrogens is 286 g/mol. The highest BCUT2D eigenvalue weighted by Gasteiger charge is 2.27. The fraction of sp³-hybridized carbons (Fsp3) is 0.733. The van der Waals surface area contributed by atoms with E-state index in [2.05, 4.69) is 43.0 Å². The van der Waals surface area contributed by atoms with Gasteiger partial charge in [-0.3, -0.25) is 0 Å². The van der Waals surface area contributed by atoms with E-state index in [0.29, 0.717) is 24.0 Å². The van der Waals surface area contributed by atoms with Crippen molar-refractivity contribution in [1.82, 2.24) is 9.97 Å². The lowest BCUT2D eigenvalue weighted by atomic mass is 10.1. The van der Waals surface area contributed by atoms with E-state index in [1.165, 1.54) is 0 Å². The summed E-state index contributed by atoms with van der Waals surface area (Å²) in [6.45, 7) is 9.03. The predicted molar refractivity (Wildman–Crippen MR) is 85.5 cm³/mol. The second-order valence-corrected chi connectivity index (χ2v) is 8.72. The van der Waals surface area contributed by atoms with Crippen LogP contribution in [0.25, 0.3) is 0 Å². The summed E-state index contributed by atoms with van der Waals surface area (Å²) >= 11 is 0. The van der Waals surface area contributed by atoms with Crippen LogP contribution in [0.15, 0.2) is 6.07 Å². The van der Waals surface area contributed by atoms with E-state index >= 15 is 0 Å². The minimum absolute atomic E-state index is 0.190. The molecule has 1 aromatic heterocycles. The van der Waals surface area contributed by atoms with Crippen LogP contribution in [0, 0.1) is 5.92 Å². The maximum absolute atomic E-state index is 11.5. The topological polar surface area (TPSA) is 72.0 Å². The van der Waals surface area contributed by atoms with Crippen molar-refractivity contribution < 1.29 is 8.42 Å². The first-order valence-electron chi connectivity index (χ1n) is 7.60. The molecule has 0 spiro atoms. The quantitative estimate of drug-likeness (QED) is 0.905. The Bertz CT molecular complexity index is 571. The number of aromatic nitrogens is 2. The summed E-state index contributed by atoms with van der Waals surface area (Å²) in [6, 6.07) is 1.97. The summed E-state index contributed by atoms with van der Waals surface area (Å²) < 4.78 is 23.0. The molecule has 0 saturated carbocycles. The highest BCUT2D eigenvalue weighted by Crippen LogP contribution is 2.22. The van der Waals surface area contributed by atoms with Crippen LogP contribution < -0.4 is 5.32 Å². The zero-order valence-corrected chi connectivity index (χ0v) is 14.1. The minimum Gasteiger partial charge on any atom is -0.370 e. The van der Waals surface area contributed by atoms with Gasteiger partial charge in [-0.1, -0.05) is 27.7 Å². The van der Waals surface area contributed by atoms with E-state index < -0.39 is 9.84 Å². The molecule has 1 saturated heterocycles. The Morgan fingerprint density at radius 3 is 2.48 bits per heavy atom. The molecule has 5 nitrogen and oxygen atoms in total. The first kappa shape index (κ1) is 16.2. The standard InChI is InChI=1S/C15H25N3O2S/c1-10(2)13-7-14(18-15(17-13)11(3)4)16-8-12-5-6-21(19,20)9-12/h7,10-12H,5-6,8-9H2,1-4H3,(H,16,17,18). The fourth-order valence-corrected chi connectivity index (χ4v) is 4.27. The molecule has 21 heavy (non-hydrogen) atoms. The third kappa shape index (κ3) is 4.40. The van der Waals surface area contributed by atoms with Crippen LogP contribution >= 0.6 is 0 Å². The van der Waals surface area contributed by atoms with Gasteiger partial charge in [-0.2, -0.15) is 0 Å². The maximum Gasteiger partial charge on any atom is 0.150 e. The largest absolute Gasteiger partial charge is 0.370 e. The van der Waals surface area contributed by atoms with Gasteiger partial charge < -0.3 is 5.32 Å². The first-order chi connectivity index (χ1) is 9.77. The Balaban J connectivity index is 2.09. The Labute approximate surface area is 127 Å². The van der Waals surface area contributed by atoms with Crippen LogP contribution in [0.2, 0.25) is 0 Å². The molecule has 0 aromatic carbocycles. The van der Waals surface area contributed by atoms with Crippen LogP contribution in [0.5, 0.6) is 0 Å². The van der Waals surface area contributed by atoms with Gasteiger partial charge in [-0.15, -0.1) is 0 Å². The second-order valence-electron chi connectivity index (χ2n) is 6.50. The minimum atomic E-state index is -2.82. The van der Waals surface area contributed by atoms with Crippen LogP contribution in [-0.2, 0) is 9.84 Å². The molecule has 1 N–H and O–H groups in total. The van der Waals surface area contributed by atoms with Gasteiger partial charge in [0.1, 0.15) is 11.6 Å². The molecule has 1 unspecified atom stereocenters. The number of sulfone groups is 1. The van der Waals surface area contributed by atoms with Gasteiger partial charge in [0, 0.05) is 24.2 Å². The lowest BCUT2D eigenvalue weighted by molar-refractivity contribution is 0.595. The lowest BCUT2D eigenvalue weighted by Gasteiger charge is -2.15. The molecule has 2 heterocycles. The first-order valence-corrected chi connectivity index (χ1v) is 9.42. The summed E-state index contributed by atoms with van der Waals surface area (Å²) in [4.78, 5) is 9.13. The third-order valence-electron chi connectivity index (χ3n) is 3.77. The highest BCUT2D eigenvalue weighted by molar-refractivity contribution is 7.91. The lowest BCUT2D eigenvalue weighted by Crippen LogP contribution is -2.17. The molecule has 6 heteroatoms. The molecule has 0 radical (unpaired) electrons. The van der Waals surface area contributed by atoms with E-state index in [0.717, 1.165) is 23.8 Å². The molecule has 118 valence electrons. The maximum atomic E-state index is 11.5. The van der Waals surface area contributed by atoms with Crippen molar-refractivity contribution in [3.63, 3.8) is 0 Å². The molecule has 1 aromatic rings. The predicted octanol–water partition coefficient (Wildman–Crippen LogP) is 2.57. The molecule has 1 aliphatic heterocycles. The van der Waals surface area contributed by atoms with E-state index in [-0.39, 0.29) is 11.8 Å². The van der Waals surface area contributed by atoms with Crippen molar-refractivity contribution in [1.29, 1.82) is 0 Å². The van der Waals surface area contributed by atoms with Gasteiger partial charge in [-0.25, -0.2) is 18.4 Å². The Hall–Kier alpha value is -1.17. The van der Waals surface area contributed by atoms with Crippen molar-refractivity contribution in [2.24, 2.45) is 5.92 Å². The van der Waals surface area contributed by atoms with E-state index in [1.54, 1.807) is 0 Å². The average molecular weight is 311 g/mol. The van der Waals surface area contributed by atoms with Gasteiger partial charge in [0.05, 0.1) is 11.5 Å². The van der Waals surface area contributed by atoms with Crippen LogP contribution in [0.1, 0.15) is 57.5 Å². The zero-order chi connectivity index (χ0) is 15.6. The number of rotatable bonds is 5. The SMILES string of the molecule is CC(C)c1cc(NCC2CCS(=O)(=O)C2)nc(C(C)C)n1. The highest BCUT2D eigenvalue weighted by atomic mass is 32.2. The van der Waals surface area contributed by atoms with Crippen molar-refractivity contribution in [2.45, 2.75) is 46.0 Å².